The number of aromatic nitrogens is 2. The van der Waals surface area contributed by atoms with Crippen LogP contribution in [0.25, 0.3) is 0 Å². The normalized spacial score (nSPS) is 13.8. The van der Waals surface area contributed by atoms with E-state index in [0.717, 1.165) is 6.20 Å². The van der Waals surface area contributed by atoms with Gasteiger partial charge in [0.2, 0.25) is 5.95 Å². The van der Waals surface area contributed by atoms with Crippen LogP contribution >= 0.6 is 39.1 Å². The van der Waals surface area contributed by atoms with Gasteiger partial charge < -0.3 is 20.1 Å². The summed E-state index contributed by atoms with van der Waals surface area (Å²) in [6.45, 7) is 1.97. The Morgan fingerprint density at radius 1 is 1.29 bits per heavy atom. The number of carbonyl (C=O) groups excluding carboxylic acids is 1. The topological polar surface area (TPSA) is 112 Å². The van der Waals surface area contributed by atoms with E-state index in [2.05, 4.69) is 41.7 Å². The van der Waals surface area contributed by atoms with Crippen molar-refractivity contribution in [2.24, 2.45) is 5.10 Å². The summed E-state index contributed by atoms with van der Waals surface area (Å²) >= 11 is 15.7. The first-order valence-corrected chi connectivity index (χ1v) is 11.8. The number of benzene rings is 2. The van der Waals surface area contributed by atoms with Crippen molar-refractivity contribution >= 4 is 68.7 Å². The molecule has 9 nitrogen and oxygen atoms in total. The molecule has 4 rings (SSSR count). The van der Waals surface area contributed by atoms with Crippen molar-refractivity contribution in [3.63, 3.8) is 0 Å². The second-order valence-electron chi connectivity index (χ2n) is 7.25. The highest BCUT2D eigenvalue weighted by Gasteiger charge is 2.21. The first-order chi connectivity index (χ1) is 16.8. The van der Waals surface area contributed by atoms with Gasteiger partial charge in [0, 0.05) is 23.1 Å². The molecule has 2 aromatic carbocycles. The minimum atomic E-state index is -0.567. The number of nitrogens with one attached hydrogen (secondary N) is 2. The Kier molecular flexibility index (Phi) is 8.01. The first-order valence-electron chi connectivity index (χ1n) is 10.3. The number of hydrazone groups is 1. The van der Waals surface area contributed by atoms with Crippen LogP contribution in [0.4, 0.5) is 21.8 Å². The SMILES string of the molecule is O=C(Nc1ccccc1Cl)c1c(Br)cc(/C=N/Nc2ncc(F)c(N3CCOCC3)n2)c(O)c1Cl. The van der Waals surface area contributed by atoms with Gasteiger partial charge in [0.1, 0.15) is 5.75 Å². The van der Waals surface area contributed by atoms with Crippen LogP contribution in [-0.4, -0.2) is 53.5 Å². The number of morpholine rings is 1. The lowest BCUT2D eigenvalue weighted by Gasteiger charge is -2.27. The van der Waals surface area contributed by atoms with Crippen molar-refractivity contribution in [2.45, 2.75) is 0 Å². The molecule has 35 heavy (non-hydrogen) atoms. The van der Waals surface area contributed by atoms with Gasteiger partial charge in [0.25, 0.3) is 5.91 Å². The Balaban J connectivity index is 1.51. The van der Waals surface area contributed by atoms with Crippen molar-refractivity contribution in [2.75, 3.05) is 41.9 Å². The minimum absolute atomic E-state index is 0.0196. The molecule has 3 N–H and O–H groups in total. The van der Waals surface area contributed by atoms with Gasteiger partial charge in [-0.25, -0.2) is 14.8 Å². The zero-order valence-corrected chi connectivity index (χ0v) is 21.0. The average molecular weight is 584 g/mol. The number of hydrogen-bond acceptors (Lipinski definition) is 8. The summed E-state index contributed by atoms with van der Waals surface area (Å²) in [6.07, 6.45) is 2.32. The van der Waals surface area contributed by atoms with Gasteiger partial charge >= 0.3 is 0 Å². The van der Waals surface area contributed by atoms with Crippen LogP contribution in [-0.2, 0) is 4.74 Å². The standard InChI is InChI=1S/C22H18BrCl2FN6O3/c23-13-9-12(19(33)18(25)17(13)21(34)29-16-4-2-1-3-14(16)24)10-28-31-22-27-11-15(26)20(30-22)32-5-7-35-8-6-32/h1-4,9-11,33H,5-8H2,(H,29,34)(H,27,30,31)/b28-10+. The number of para-hydroxylation sites is 1. The van der Waals surface area contributed by atoms with Gasteiger partial charge in [-0.15, -0.1) is 0 Å². The maximum absolute atomic E-state index is 14.2. The lowest BCUT2D eigenvalue weighted by atomic mass is 10.1. The van der Waals surface area contributed by atoms with Gasteiger partial charge in [-0.2, -0.15) is 10.1 Å². The molecule has 1 aliphatic rings. The maximum Gasteiger partial charge on any atom is 0.258 e. The van der Waals surface area contributed by atoms with Crippen molar-refractivity contribution in [1.29, 1.82) is 0 Å². The fourth-order valence-corrected chi connectivity index (χ4v) is 4.47. The molecule has 1 fully saturated rings. The minimum Gasteiger partial charge on any atom is -0.506 e. The third kappa shape index (κ3) is 5.81. The number of phenolic OH excluding ortho intramolecular Hbond substituents is 1. The van der Waals surface area contributed by atoms with Crippen molar-refractivity contribution < 1.29 is 19.0 Å². The molecule has 0 atom stereocenters. The predicted molar refractivity (Wildman–Crippen MR) is 136 cm³/mol. The fourth-order valence-electron chi connectivity index (χ4n) is 3.25. The van der Waals surface area contributed by atoms with Crippen LogP contribution in [0.5, 0.6) is 5.75 Å². The molecule has 0 bridgehead atoms. The van der Waals surface area contributed by atoms with E-state index in [1.54, 1.807) is 29.2 Å². The Labute approximate surface area is 218 Å². The van der Waals surface area contributed by atoms with Gasteiger partial charge in [0.15, 0.2) is 11.6 Å². The van der Waals surface area contributed by atoms with E-state index in [1.165, 1.54) is 12.3 Å². The van der Waals surface area contributed by atoms with Crippen molar-refractivity contribution in [3.8, 4) is 5.75 Å². The summed E-state index contributed by atoms with van der Waals surface area (Å²) in [6, 6.07) is 8.19. The third-order valence-electron chi connectivity index (χ3n) is 4.98. The van der Waals surface area contributed by atoms with Crippen LogP contribution in [0.2, 0.25) is 10.0 Å². The molecule has 1 amide bonds. The summed E-state index contributed by atoms with van der Waals surface area (Å²) in [5, 5.41) is 17.4. The molecule has 0 aliphatic carbocycles. The number of anilines is 3. The maximum atomic E-state index is 14.2. The smallest absolute Gasteiger partial charge is 0.258 e. The molecular weight excluding hydrogens is 566 g/mol. The Hall–Kier alpha value is -2.99. The molecule has 0 unspecified atom stereocenters. The van der Waals surface area contributed by atoms with E-state index in [0.29, 0.717) is 41.5 Å². The number of carbonyl (C=O) groups is 1. The summed E-state index contributed by atoms with van der Waals surface area (Å²) in [4.78, 5) is 22.6. The molecule has 1 aromatic heterocycles. The number of rotatable bonds is 6. The predicted octanol–water partition coefficient (Wildman–Crippen LogP) is 4.93. The molecule has 2 heterocycles. The first kappa shape index (κ1) is 25.1. The van der Waals surface area contributed by atoms with Gasteiger partial charge in [-0.1, -0.05) is 35.3 Å². The van der Waals surface area contributed by atoms with E-state index >= 15 is 0 Å². The summed E-state index contributed by atoms with van der Waals surface area (Å²) in [5.74, 6) is -1.28. The zero-order chi connectivity index (χ0) is 24.9. The van der Waals surface area contributed by atoms with Crippen LogP contribution in [0.15, 0.2) is 46.1 Å². The fraction of sp³-hybridized carbons (Fsp3) is 0.182. The molecule has 1 saturated heterocycles. The quantitative estimate of drug-likeness (QED) is 0.279. The number of nitrogens with zero attached hydrogens (tertiary/aromatic N) is 4. The highest BCUT2D eigenvalue weighted by Crippen LogP contribution is 2.36. The number of ether oxygens (including phenoxy) is 1. The van der Waals surface area contributed by atoms with Crippen LogP contribution in [0.1, 0.15) is 15.9 Å². The van der Waals surface area contributed by atoms with E-state index in [9.17, 15) is 14.3 Å². The zero-order valence-electron chi connectivity index (χ0n) is 17.9. The lowest BCUT2D eigenvalue weighted by molar-refractivity contribution is 0.102. The highest BCUT2D eigenvalue weighted by molar-refractivity contribution is 9.10. The van der Waals surface area contributed by atoms with Gasteiger partial charge in [-0.3, -0.25) is 4.79 Å². The second kappa shape index (κ2) is 11.2. The Morgan fingerprint density at radius 3 is 2.77 bits per heavy atom. The molecule has 0 radical (unpaired) electrons. The van der Waals surface area contributed by atoms with Crippen LogP contribution in [0.3, 0.4) is 0 Å². The van der Waals surface area contributed by atoms with E-state index in [1.807, 2.05) is 0 Å². The third-order valence-corrected chi connectivity index (χ3v) is 6.30. The molecule has 3 aromatic rings. The number of amides is 1. The number of halogens is 4. The second-order valence-corrected chi connectivity index (χ2v) is 8.89. The van der Waals surface area contributed by atoms with Crippen LogP contribution < -0.4 is 15.6 Å². The van der Waals surface area contributed by atoms with E-state index in [4.69, 9.17) is 27.9 Å². The molecular formula is C22H18BrCl2FN6O3. The number of aromatic hydroxyl groups is 1. The summed E-state index contributed by atoms with van der Waals surface area (Å²) < 4.78 is 19.8. The molecule has 0 spiro atoms. The average Bonchev–Trinajstić information content (AvgIpc) is 2.85. The van der Waals surface area contributed by atoms with Crippen LogP contribution in [0, 0.1) is 5.82 Å². The van der Waals surface area contributed by atoms with Crippen molar-refractivity contribution in [3.05, 3.63) is 68.0 Å². The Bertz CT molecular complexity index is 1290. The summed E-state index contributed by atoms with van der Waals surface area (Å²) in [7, 11) is 0. The summed E-state index contributed by atoms with van der Waals surface area (Å²) in [5.41, 5.74) is 3.22. The number of phenols is 1. The van der Waals surface area contributed by atoms with Gasteiger partial charge in [-0.05, 0) is 34.1 Å². The Morgan fingerprint density at radius 2 is 2.03 bits per heavy atom. The molecule has 1 aliphatic heterocycles. The van der Waals surface area contributed by atoms with E-state index in [-0.39, 0.29) is 33.7 Å². The molecule has 13 heteroatoms. The largest absolute Gasteiger partial charge is 0.506 e. The number of hydrogen-bond donors (Lipinski definition) is 3. The highest BCUT2D eigenvalue weighted by atomic mass is 79.9. The monoisotopic (exact) mass is 582 g/mol. The van der Waals surface area contributed by atoms with Crippen molar-refractivity contribution in [1.82, 2.24) is 9.97 Å². The molecule has 182 valence electrons. The molecule has 0 saturated carbocycles. The lowest BCUT2D eigenvalue weighted by Crippen LogP contribution is -2.37. The van der Waals surface area contributed by atoms with Gasteiger partial charge in [0.05, 0.1) is 46.9 Å². The van der Waals surface area contributed by atoms with E-state index < -0.39 is 11.7 Å².